The Hall–Kier alpha value is -4.18. The summed E-state index contributed by atoms with van der Waals surface area (Å²) in [5, 5.41) is 22.3. The molecule has 0 amide bonds. The number of carbonyl (C=O) groups is 1. The normalized spacial score (nSPS) is 11.0. The number of esters is 1. The maximum absolute atomic E-state index is 12.5. The summed E-state index contributed by atoms with van der Waals surface area (Å²) in [7, 11) is 0. The first kappa shape index (κ1) is 24.0. The maximum atomic E-state index is 12.5. The van der Waals surface area contributed by atoms with Gasteiger partial charge in [0.2, 0.25) is 0 Å². The SMILES string of the molecule is CCOC(=O)c1cnc(NCC[As]c2ccc([N+](=O)[O-])cn2)nc1-c1ccc(-n2cnnc2)cc1. The predicted molar refractivity (Wildman–Crippen MR) is 128 cm³/mol. The van der Waals surface area contributed by atoms with Crippen LogP contribution in [0.5, 0.6) is 0 Å². The number of nitrogens with one attached hydrogen (secondary N) is 1. The number of ether oxygens (including phenoxy) is 1. The summed E-state index contributed by atoms with van der Waals surface area (Å²) in [6.45, 7) is 2.57. The average Bonchev–Trinajstić information content (AvgIpc) is 3.42. The second-order valence-corrected chi connectivity index (χ2v) is 9.60. The zero-order valence-corrected chi connectivity index (χ0v) is 20.5. The zero-order chi connectivity index (χ0) is 24.6. The summed E-state index contributed by atoms with van der Waals surface area (Å²) in [5.74, 6) is -0.111. The number of rotatable bonds is 10. The third-order valence-corrected chi connectivity index (χ3v) is 6.93. The molecule has 0 saturated carbocycles. The average molecular weight is 535 g/mol. The molecule has 1 aromatic carbocycles. The van der Waals surface area contributed by atoms with Gasteiger partial charge >= 0.3 is 196 Å². The first-order valence-corrected chi connectivity index (χ1v) is 12.8. The van der Waals surface area contributed by atoms with Gasteiger partial charge in [0.05, 0.1) is 0 Å². The van der Waals surface area contributed by atoms with Crippen molar-refractivity contribution in [1.29, 1.82) is 0 Å². The van der Waals surface area contributed by atoms with Crippen molar-refractivity contribution in [2.24, 2.45) is 0 Å². The van der Waals surface area contributed by atoms with Crippen molar-refractivity contribution in [1.82, 2.24) is 29.7 Å². The molecule has 0 aliphatic rings. The topological polar surface area (TPSA) is 151 Å². The van der Waals surface area contributed by atoms with Crippen molar-refractivity contribution in [2.45, 2.75) is 12.1 Å². The minimum atomic E-state index is -0.494. The van der Waals surface area contributed by atoms with Crippen molar-refractivity contribution in [3.05, 3.63) is 77.1 Å². The van der Waals surface area contributed by atoms with Gasteiger partial charge in [-0.3, -0.25) is 0 Å². The molecule has 0 bridgehead atoms. The minimum absolute atomic E-state index is 0.0228. The summed E-state index contributed by atoms with van der Waals surface area (Å²) < 4.78 is 7.80. The van der Waals surface area contributed by atoms with E-state index in [9.17, 15) is 14.9 Å². The van der Waals surface area contributed by atoms with Crippen molar-refractivity contribution in [2.75, 3.05) is 18.5 Å². The van der Waals surface area contributed by atoms with Crippen LogP contribution in [-0.2, 0) is 4.74 Å². The molecule has 0 unspecified atom stereocenters. The molecular formula is C22H20AsN8O4. The summed E-state index contributed by atoms with van der Waals surface area (Å²) in [4.78, 5) is 35.8. The first-order chi connectivity index (χ1) is 17.0. The van der Waals surface area contributed by atoms with Gasteiger partial charge < -0.3 is 0 Å². The van der Waals surface area contributed by atoms with Crippen molar-refractivity contribution >= 4 is 37.8 Å². The third-order valence-electron chi connectivity index (χ3n) is 4.75. The standard InChI is InChI=1S/C22H20AsN8O4/c1-2-35-21(32)18-12-26-22(24-10-9-23-19-8-7-17(11-25-19)31(33)34)29-20(18)15-3-5-16(6-4-15)30-13-27-28-14-30/h3-8,11-14H,2,9-10H2,1H3,(H,24,26,29). The fraction of sp³-hybridized carbons (Fsp3) is 0.182. The Labute approximate surface area is 206 Å². The predicted octanol–water partition coefficient (Wildman–Crippen LogP) is 2.06. The third kappa shape index (κ3) is 6.04. The second-order valence-electron chi connectivity index (χ2n) is 7.03. The number of nitro groups is 1. The van der Waals surface area contributed by atoms with Gasteiger partial charge in [-0.05, 0) is 0 Å². The van der Waals surface area contributed by atoms with Crippen LogP contribution in [0.2, 0.25) is 5.21 Å². The van der Waals surface area contributed by atoms with E-state index >= 15 is 0 Å². The van der Waals surface area contributed by atoms with Crippen LogP contribution < -0.4 is 9.80 Å². The zero-order valence-electron chi connectivity index (χ0n) is 18.6. The van der Waals surface area contributed by atoms with E-state index in [0.717, 1.165) is 20.9 Å². The summed E-state index contributed by atoms with van der Waals surface area (Å²) in [5.41, 5.74) is 2.31. The van der Waals surface area contributed by atoms with Crippen LogP contribution in [0, 0.1) is 10.1 Å². The fourth-order valence-electron chi connectivity index (χ4n) is 3.09. The van der Waals surface area contributed by atoms with E-state index in [0.29, 0.717) is 18.2 Å². The number of anilines is 1. The van der Waals surface area contributed by atoms with Crippen LogP contribution in [0.15, 0.2) is 61.4 Å². The Bertz CT molecular complexity index is 1300. The van der Waals surface area contributed by atoms with Crippen LogP contribution in [0.25, 0.3) is 16.9 Å². The monoisotopic (exact) mass is 535 g/mol. The molecule has 4 rings (SSSR count). The van der Waals surface area contributed by atoms with E-state index in [1.54, 1.807) is 30.2 Å². The number of hydrogen-bond donors (Lipinski definition) is 1. The molecule has 35 heavy (non-hydrogen) atoms. The second kappa shape index (κ2) is 11.3. The van der Waals surface area contributed by atoms with Crippen LogP contribution in [0.3, 0.4) is 0 Å². The fourth-order valence-corrected chi connectivity index (χ4v) is 4.71. The number of nitrogens with zero attached hydrogens (tertiary/aromatic N) is 7. The van der Waals surface area contributed by atoms with Gasteiger partial charge in [-0.1, -0.05) is 0 Å². The van der Waals surface area contributed by atoms with Crippen LogP contribution >= 0.6 is 0 Å². The van der Waals surface area contributed by atoms with Gasteiger partial charge in [-0.25, -0.2) is 0 Å². The van der Waals surface area contributed by atoms with E-state index in [4.69, 9.17) is 4.74 Å². The number of hydrogen-bond acceptors (Lipinski definition) is 10. The Kier molecular flexibility index (Phi) is 7.73. The quantitative estimate of drug-likeness (QED) is 0.105. The van der Waals surface area contributed by atoms with Crippen molar-refractivity contribution in [3.63, 3.8) is 0 Å². The van der Waals surface area contributed by atoms with E-state index < -0.39 is 10.9 Å². The van der Waals surface area contributed by atoms with Gasteiger partial charge in [0.15, 0.2) is 0 Å². The van der Waals surface area contributed by atoms with E-state index in [1.807, 2.05) is 24.3 Å². The molecule has 1 radical (unpaired) electrons. The number of pyridine rings is 1. The van der Waals surface area contributed by atoms with Gasteiger partial charge in [0.1, 0.15) is 0 Å². The molecule has 13 heteroatoms. The van der Waals surface area contributed by atoms with Gasteiger partial charge in [-0.15, -0.1) is 10.2 Å². The number of benzene rings is 1. The number of aromatic nitrogens is 6. The summed E-state index contributed by atoms with van der Waals surface area (Å²) in [6.07, 6.45) is 5.93. The van der Waals surface area contributed by atoms with Gasteiger partial charge in [0, 0.05) is 0 Å². The molecule has 3 heterocycles. The van der Waals surface area contributed by atoms with Crippen LogP contribution in [-0.4, -0.2) is 69.5 Å². The molecule has 1 N–H and O–H groups in total. The Morgan fingerprint density at radius 3 is 2.54 bits per heavy atom. The molecule has 4 aromatic rings. The molecule has 12 nitrogen and oxygen atoms in total. The molecule has 0 atom stereocenters. The summed E-state index contributed by atoms with van der Waals surface area (Å²) >= 11 is -0.282. The molecule has 3 aromatic heterocycles. The van der Waals surface area contributed by atoms with Gasteiger partial charge in [0.25, 0.3) is 0 Å². The molecule has 0 saturated heterocycles. The molecule has 177 valence electrons. The van der Waals surface area contributed by atoms with Crippen LogP contribution in [0.1, 0.15) is 17.3 Å². The van der Waals surface area contributed by atoms with E-state index in [1.165, 1.54) is 18.5 Å². The first-order valence-electron chi connectivity index (χ1n) is 10.6. The van der Waals surface area contributed by atoms with Gasteiger partial charge in [-0.2, -0.15) is 0 Å². The summed E-state index contributed by atoms with van der Waals surface area (Å²) in [6, 6.07) is 10.6. The van der Waals surface area contributed by atoms with Crippen molar-refractivity contribution in [3.8, 4) is 16.9 Å². The Balaban J connectivity index is 1.47. The molecule has 0 aliphatic carbocycles. The number of carbonyl (C=O) groups excluding carboxylic acids is 1. The molecule has 0 fully saturated rings. The Morgan fingerprint density at radius 2 is 1.89 bits per heavy atom. The molecule has 0 spiro atoms. The molecular weight excluding hydrogens is 515 g/mol. The van der Waals surface area contributed by atoms with Crippen molar-refractivity contribution < 1.29 is 14.5 Å². The van der Waals surface area contributed by atoms with E-state index in [-0.39, 0.29) is 33.6 Å². The Morgan fingerprint density at radius 1 is 1.11 bits per heavy atom. The molecule has 0 aliphatic heterocycles. The van der Waals surface area contributed by atoms with E-state index in [2.05, 4.69) is 30.5 Å². The van der Waals surface area contributed by atoms with Crippen LogP contribution in [0.4, 0.5) is 11.6 Å².